The molecule has 3 aliphatic heterocycles. The molecule has 0 N–H and O–H groups in total. The van der Waals surface area contributed by atoms with Crippen LogP contribution in [-0.2, 0) is 19.7 Å². The van der Waals surface area contributed by atoms with Crippen LogP contribution in [0.2, 0.25) is 0 Å². The molecule has 1 aromatic carbocycles. The minimum atomic E-state index is -0.646. The van der Waals surface area contributed by atoms with Crippen molar-refractivity contribution in [2.24, 2.45) is 11.8 Å². The molecule has 4 atom stereocenters. The summed E-state index contributed by atoms with van der Waals surface area (Å²) < 4.78 is 10.6. The Morgan fingerprint density at radius 3 is 2.76 bits per heavy atom. The van der Waals surface area contributed by atoms with Gasteiger partial charge < -0.3 is 14.4 Å². The Labute approximate surface area is 170 Å². The van der Waals surface area contributed by atoms with Crippen LogP contribution in [-0.4, -0.2) is 49.8 Å². The van der Waals surface area contributed by atoms with Crippen molar-refractivity contribution in [1.29, 1.82) is 0 Å². The van der Waals surface area contributed by atoms with Crippen LogP contribution in [0.5, 0.6) is 0 Å². The lowest BCUT2D eigenvalue weighted by Crippen LogP contribution is -2.65. The maximum atomic E-state index is 13.2. The summed E-state index contributed by atoms with van der Waals surface area (Å²) in [5, 5.41) is 0. The van der Waals surface area contributed by atoms with Crippen LogP contribution in [0.25, 0.3) is 0 Å². The van der Waals surface area contributed by atoms with Crippen molar-refractivity contribution < 1.29 is 19.1 Å². The molecule has 0 aromatic heterocycles. The smallest absolute Gasteiger partial charge is 0.414 e. The summed E-state index contributed by atoms with van der Waals surface area (Å²) in [4.78, 5) is 30.7. The Morgan fingerprint density at radius 1 is 1.14 bits per heavy atom. The van der Waals surface area contributed by atoms with Gasteiger partial charge in [0.1, 0.15) is 0 Å². The third kappa shape index (κ3) is 1.72. The van der Waals surface area contributed by atoms with Crippen molar-refractivity contribution in [3.63, 3.8) is 0 Å². The summed E-state index contributed by atoms with van der Waals surface area (Å²) in [5.74, 6) is -0.231. The number of carbonyl (C=O) groups excluding carboxylic acids is 2. The van der Waals surface area contributed by atoms with Crippen LogP contribution in [0.15, 0.2) is 35.5 Å². The molecule has 152 valence electrons. The van der Waals surface area contributed by atoms with Crippen LogP contribution in [0.3, 0.4) is 0 Å². The van der Waals surface area contributed by atoms with E-state index in [2.05, 4.69) is 17.0 Å². The van der Waals surface area contributed by atoms with E-state index < -0.39 is 5.54 Å². The summed E-state index contributed by atoms with van der Waals surface area (Å²) in [6.07, 6.45) is 4.39. The highest BCUT2D eigenvalue weighted by Crippen LogP contribution is 2.72. The van der Waals surface area contributed by atoms with Gasteiger partial charge in [-0.05, 0) is 55.2 Å². The number of nitrogens with zero attached hydrogens (tertiary/aromatic N) is 2. The average Bonchev–Trinajstić information content (AvgIpc) is 3.39. The van der Waals surface area contributed by atoms with E-state index in [0.29, 0.717) is 5.92 Å². The third-order valence-corrected chi connectivity index (χ3v) is 8.39. The first-order valence-electron chi connectivity index (χ1n) is 10.6. The van der Waals surface area contributed by atoms with Gasteiger partial charge in [-0.2, -0.15) is 0 Å². The number of amides is 1. The van der Waals surface area contributed by atoms with E-state index in [1.807, 2.05) is 17.0 Å². The first-order valence-corrected chi connectivity index (χ1v) is 10.6. The maximum Gasteiger partial charge on any atom is 0.414 e. The molecule has 3 heterocycles. The number of benzene rings is 1. The Kier molecular flexibility index (Phi) is 3.33. The van der Waals surface area contributed by atoms with Crippen molar-refractivity contribution >= 4 is 17.7 Å². The lowest BCUT2D eigenvalue weighted by Gasteiger charge is -2.52. The molecule has 2 bridgehead atoms. The van der Waals surface area contributed by atoms with E-state index in [4.69, 9.17) is 9.47 Å². The lowest BCUT2D eigenvalue weighted by molar-refractivity contribution is -0.147. The van der Waals surface area contributed by atoms with Gasteiger partial charge in [0.15, 0.2) is 0 Å². The van der Waals surface area contributed by atoms with E-state index in [1.165, 1.54) is 37.5 Å². The van der Waals surface area contributed by atoms with E-state index in [9.17, 15) is 9.59 Å². The number of rotatable bonds is 1. The summed E-state index contributed by atoms with van der Waals surface area (Å²) in [6, 6.07) is 8.21. The normalized spacial score (nSPS) is 35.9. The second-order valence-corrected chi connectivity index (χ2v) is 9.08. The number of para-hydroxylation sites is 1. The molecule has 2 aliphatic carbocycles. The number of carbonyl (C=O) groups is 2. The summed E-state index contributed by atoms with van der Waals surface area (Å²) >= 11 is 0. The van der Waals surface area contributed by atoms with Gasteiger partial charge in [-0.3, -0.25) is 9.69 Å². The number of esters is 1. The fourth-order valence-electron chi connectivity index (χ4n) is 7.68. The van der Waals surface area contributed by atoms with Gasteiger partial charge in [-0.15, -0.1) is 0 Å². The molecule has 0 radical (unpaired) electrons. The SMILES string of the molecule is COC(=O)[C@H]1C[C@H]2C[C@@]13N(C(=O)OC)c1ccccc1[C@@]31CCN3CCCC2=C31. The maximum absolute atomic E-state index is 13.2. The quantitative estimate of drug-likeness (QED) is 0.685. The lowest BCUT2D eigenvalue weighted by atomic mass is 9.57. The van der Waals surface area contributed by atoms with Crippen molar-refractivity contribution in [1.82, 2.24) is 4.90 Å². The molecular weight excluding hydrogens is 368 g/mol. The number of ether oxygens (including phenoxy) is 2. The van der Waals surface area contributed by atoms with Crippen molar-refractivity contribution in [2.45, 2.75) is 43.1 Å². The standard InChI is InChI=1S/C23H26N2O4/c1-28-20(26)17-12-14-13-23(17)22(9-11-24-10-5-6-15(14)19(22)24)16-7-3-4-8-18(16)25(23)21(27)29-2/h3-4,7-8,14,17H,5-6,9-13H2,1-2H3/t14-,17+,22+,23+/m0/s1. The number of hydrogen-bond acceptors (Lipinski definition) is 5. The zero-order chi connectivity index (χ0) is 20.0. The molecule has 0 unspecified atom stereocenters. The van der Waals surface area contributed by atoms with E-state index in [0.717, 1.165) is 44.5 Å². The van der Waals surface area contributed by atoms with Crippen LogP contribution in [0.4, 0.5) is 10.5 Å². The Hall–Kier alpha value is -2.50. The molecule has 6 rings (SSSR count). The molecule has 6 heteroatoms. The number of fused-ring (bicyclic) bond motifs is 3. The number of anilines is 1. The molecule has 2 fully saturated rings. The number of methoxy groups -OCH3 is 2. The van der Waals surface area contributed by atoms with E-state index in [1.54, 1.807) is 0 Å². The molecule has 1 saturated heterocycles. The molecule has 2 spiro atoms. The first-order chi connectivity index (χ1) is 14.1. The first kappa shape index (κ1) is 17.4. The fourth-order valence-corrected chi connectivity index (χ4v) is 7.68. The minimum absolute atomic E-state index is 0.202. The van der Waals surface area contributed by atoms with Gasteiger partial charge >= 0.3 is 12.1 Å². The molecule has 1 saturated carbocycles. The van der Waals surface area contributed by atoms with Crippen molar-refractivity contribution in [3.05, 3.63) is 41.1 Å². The number of allylic oxidation sites excluding steroid dienone is 1. The summed E-state index contributed by atoms with van der Waals surface area (Å²) in [6.45, 7) is 2.04. The van der Waals surface area contributed by atoms with Crippen LogP contribution in [0.1, 0.15) is 37.7 Å². The topological polar surface area (TPSA) is 59.1 Å². The van der Waals surface area contributed by atoms with Crippen LogP contribution >= 0.6 is 0 Å². The van der Waals surface area contributed by atoms with Gasteiger partial charge in [-0.1, -0.05) is 18.2 Å². The molecule has 29 heavy (non-hydrogen) atoms. The molecule has 6 nitrogen and oxygen atoms in total. The van der Waals surface area contributed by atoms with Crippen molar-refractivity contribution in [3.8, 4) is 0 Å². The van der Waals surface area contributed by atoms with E-state index >= 15 is 0 Å². The third-order valence-electron chi connectivity index (χ3n) is 8.39. The summed E-state index contributed by atoms with van der Waals surface area (Å²) in [5.41, 5.74) is 4.01. The average molecular weight is 394 g/mol. The van der Waals surface area contributed by atoms with Gasteiger partial charge in [0, 0.05) is 18.8 Å². The van der Waals surface area contributed by atoms with Gasteiger partial charge in [0.05, 0.1) is 36.8 Å². The Bertz CT molecular complexity index is 971. The predicted octanol–water partition coefficient (Wildman–Crippen LogP) is 3.22. The van der Waals surface area contributed by atoms with Gasteiger partial charge in [-0.25, -0.2) is 4.79 Å². The molecule has 5 aliphatic rings. The largest absolute Gasteiger partial charge is 0.469 e. The fraction of sp³-hybridized carbons (Fsp3) is 0.565. The number of hydrogen-bond donors (Lipinski definition) is 0. The molecule has 1 aromatic rings. The zero-order valence-corrected chi connectivity index (χ0v) is 16.9. The van der Waals surface area contributed by atoms with Gasteiger partial charge in [0.25, 0.3) is 0 Å². The molecular formula is C23H26N2O4. The van der Waals surface area contributed by atoms with Crippen LogP contribution in [0, 0.1) is 11.8 Å². The van der Waals surface area contributed by atoms with E-state index in [-0.39, 0.29) is 23.4 Å². The van der Waals surface area contributed by atoms with Gasteiger partial charge in [0.2, 0.25) is 0 Å². The highest BCUT2D eigenvalue weighted by atomic mass is 16.5. The highest BCUT2D eigenvalue weighted by molar-refractivity contribution is 5.97. The second-order valence-electron chi connectivity index (χ2n) is 9.08. The Balaban J connectivity index is 1.72. The summed E-state index contributed by atoms with van der Waals surface area (Å²) in [7, 11) is 2.90. The Morgan fingerprint density at radius 2 is 1.97 bits per heavy atom. The zero-order valence-electron chi connectivity index (χ0n) is 16.9. The van der Waals surface area contributed by atoms with Crippen molar-refractivity contribution in [2.75, 3.05) is 32.2 Å². The highest BCUT2D eigenvalue weighted by Gasteiger charge is 2.77. The molecule has 1 amide bonds. The minimum Gasteiger partial charge on any atom is -0.469 e. The predicted molar refractivity (Wildman–Crippen MR) is 106 cm³/mol. The van der Waals surface area contributed by atoms with Crippen LogP contribution < -0.4 is 4.90 Å². The monoisotopic (exact) mass is 394 g/mol. The second kappa shape index (κ2) is 5.55.